The Kier molecular flexibility index (Phi) is 5.21. The average Bonchev–Trinajstić information content (AvgIpc) is 2.56. The largest absolute Gasteiger partial charge is 0.497 e. The van der Waals surface area contributed by atoms with E-state index in [1.807, 2.05) is 68.4 Å². The van der Waals surface area contributed by atoms with Gasteiger partial charge in [-0.2, -0.15) is 0 Å². The van der Waals surface area contributed by atoms with Crippen LogP contribution in [0.2, 0.25) is 0 Å². The van der Waals surface area contributed by atoms with Crippen molar-refractivity contribution in [2.24, 2.45) is 0 Å². The van der Waals surface area contributed by atoms with Crippen molar-refractivity contribution in [3.63, 3.8) is 0 Å². The van der Waals surface area contributed by atoms with Crippen LogP contribution in [0.5, 0.6) is 5.75 Å². The van der Waals surface area contributed by atoms with Crippen molar-refractivity contribution in [3.8, 4) is 5.75 Å². The zero-order chi connectivity index (χ0) is 16.0. The summed E-state index contributed by atoms with van der Waals surface area (Å²) in [5.41, 5.74) is 1.25. The van der Waals surface area contributed by atoms with Crippen molar-refractivity contribution in [2.75, 3.05) is 13.7 Å². The van der Waals surface area contributed by atoms with E-state index in [0.29, 0.717) is 13.0 Å². The van der Waals surface area contributed by atoms with Gasteiger partial charge >= 0.3 is 5.97 Å². The van der Waals surface area contributed by atoms with Gasteiger partial charge in [0, 0.05) is 0 Å². The Morgan fingerprint density at radius 3 is 2.45 bits per heavy atom. The van der Waals surface area contributed by atoms with Crippen LogP contribution in [0.15, 0.2) is 54.6 Å². The van der Waals surface area contributed by atoms with Crippen LogP contribution < -0.4 is 4.74 Å². The summed E-state index contributed by atoms with van der Waals surface area (Å²) in [6.07, 6.45) is 0.583. The summed E-state index contributed by atoms with van der Waals surface area (Å²) in [6.45, 7) is 4.12. The average molecular weight is 298 g/mol. The first kappa shape index (κ1) is 16.1. The van der Waals surface area contributed by atoms with E-state index in [1.54, 1.807) is 7.11 Å². The number of ether oxygens (including phenoxy) is 2. The molecule has 0 N–H and O–H groups in total. The molecule has 0 saturated heterocycles. The standard InChI is InChI=1S/C19H22O3/c1-4-22-18(20)19(2,14-15-9-6-5-7-10-15)16-11-8-12-17(13-16)21-3/h5-13H,4,14H2,1-3H3. The van der Waals surface area contributed by atoms with E-state index in [4.69, 9.17) is 9.47 Å². The Hall–Kier alpha value is -2.29. The molecular formula is C19H22O3. The molecule has 3 nitrogen and oxygen atoms in total. The van der Waals surface area contributed by atoms with Crippen LogP contribution in [0.25, 0.3) is 0 Å². The van der Waals surface area contributed by atoms with Crippen LogP contribution in [0.4, 0.5) is 0 Å². The molecule has 0 aliphatic heterocycles. The van der Waals surface area contributed by atoms with Gasteiger partial charge in [0.05, 0.1) is 19.1 Å². The smallest absolute Gasteiger partial charge is 0.316 e. The molecule has 2 rings (SSSR count). The third-order valence-corrected chi connectivity index (χ3v) is 3.83. The van der Waals surface area contributed by atoms with Gasteiger partial charge < -0.3 is 9.47 Å². The molecule has 0 bridgehead atoms. The van der Waals surface area contributed by atoms with E-state index in [2.05, 4.69) is 0 Å². The fourth-order valence-corrected chi connectivity index (χ4v) is 2.55. The van der Waals surface area contributed by atoms with Gasteiger partial charge in [-0.05, 0) is 43.5 Å². The molecule has 3 heteroatoms. The monoisotopic (exact) mass is 298 g/mol. The predicted molar refractivity (Wildman–Crippen MR) is 87.1 cm³/mol. The number of hydrogen-bond donors (Lipinski definition) is 0. The zero-order valence-corrected chi connectivity index (χ0v) is 13.3. The lowest BCUT2D eigenvalue weighted by molar-refractivity contribution is -0.149. The highest BCUT2D eigenvalue weighted by Gasteiger charge is 2.37. The number of carbonyl (C=O) groups excluding carboxylic acids is 1. The quantitative estimate of drug-likeness (QED) is 0.762. The van der Waals surface area contributed by atoms with E-state index in [1.165, 1.54) is 0 Å². The van der Waals surface area contributed by atoms with Crippen LogP contribution in [0.3, 0.4) is 0 Å². The molecule has 0 aromatic heterocycles. The highest BCUT2D eigenvalue weighted by molar-refractivity contribution is 5.83. The molecular weight excluding hydrogens is 276 g/mol. The number of methoxy groups -OCH3 is 1. The number of esters is 1. The minimum Gasteiger partial charge on any atom is -0.497 e. The molecule has 0 aliphatic rings. The van der Waals surface area contributed by atoms with Crippen molar-refractivity contribution in [3.05, 3.63) is 65.7 Å². The minimum absolute atomic E-state index is 0.216. The summed E-state index contributed by atoms with van der Waals surface area (Å²) in [4.78, 5) is 12.6. The van der Waals surface area contributed by atoms with Crippen molar-refractivity contribution in [1.29, 1.82) is 0 Å². The molecule has 0 spiro atoms. The number of benzene rings is 2. The first-order valence-electron chi connectivity index (χ1n) is 7.46. The van der Waals surface area contributed by atoms with Gasteiger partial charge in [-0.3, -0.25) is 4.79 Å². The molecule has 0 fully saturated rings. The third-order valence-electron chi connectivity index (χ3n) is 3.83. The highest BCUT2D eigenvalue weighted by atomic mass is 16.5. The summed E-state index contributed by atoms with van der Waals surface area (Å²) in [7, 11) is 1.62. The van der Waals surface area contributed by atoms with E-state index in [-0.39, 0.29) is 5.97 Å². The van der Waals surface area contributed by atoms with Gasteiger partial charge in [0.15, 0.2) is 0 Å². The molecule has 0 amide bonds. The third kappa shape index (κ3) is 3.48. The van der Waals surface area contributed by atoms with E-state index in [0.717, 1.165) is 16.9 Å². The molecule has 2 aromatic rings. The van der Waals surface area contributed by atoms with Crippen LogP contribution in [0.1, 0.15) is 25.0 Å². The lowest BCUT2D eigenvalue weighted by Gasteiger charge is -2.28. The van der Waals surface area contributed by atoms with Crippen molar-refractivity contribution < 1.29 is 14.3 Å². The Balaban J connectivity index is 2.42. The molecule has 116 valence electrons. The molecule has 0 radical (unpaired) electrons. The first-order chi connectivity index (χ1) is 10.6. The van der Waals surface area contributed by atoms with Gasteiger partial charge in [0.25, 0.3) is 0 Å². The van der Waals surface area contributed by atoms with E-state index in [9.17, 15) is 4.79 Å². The second kappa shape index (κ2) is 7.12. The van der Waals surface area contributed by atoms with Gasteiger partial charge in [-0.1, -0.05) is 42.5 Å². The predicted octanol–water partition coefficient (Wildman–Crippen LogP) is 3.76. The number of hydrogen-bond acceptors (Lipinski definition) is 3. The van der Waals surface area contributed by atoms with Crippen molar-refractivity contribution in [2.45, 2.75) is 25.7 Å². The fraction of sp³-hybridized carbons (Fsp3) is 0.316. The topological polar surface area (TPSA) is 35.5 Å². The van der Waals surface area contributed by atoms with Crippen molar-refractivity contribution >= 4 is 5.97 Å². The molecule has 0 heterocycles. The first-order valence-corrected chi connectivity index (χ1v) is 7.46. The van der Waals surface area contributed by atoms with Gasteiger partial charge in [0.2, 0.25) is 0 Å². The number of carbonyl (C=O) groups is 1. The Labute approximate surface area is 131 Å². The van der Waals surface area contributed by atoms with Gasteiger partial charge in [0.1, 0.15) is 5.75 Å². The van der Waals surface area contributed by atoms with E-state index >= 15 is 0 Å². The molecule has 2 aromatic carbocycles. The van der Waals surface area contributed by atoms with Crippen LogP contribution >= 0.6 is 0 Å². The summed E-state index contributed by atoms with van der Waals surface area (Å²) < 4.78 is 10.6. The Bertz CT molecular complexity index is 622. The Morgan fingerprint density at radius 1 is 1.09 bits per heavy atom. The van der Waals surface area contributed by atoms with Crippen LogP contribution in [-0.4, -0.2) is 19.7 Å². The molecule has 0 aliphatic carbocycles. The van der Waals surface area contributed by atoms with Gasteiger partial charge in [-0.15, -0.1) is 0 Å². The molecule has 1 atom stereocenters. The minimum atomic E-state index is -0.744. The maximum Gasteiger partial charge on any atom is 0.316 e. The number of rotatable bonds is 6. The highest BCUT2D eigenvalue weighted by Crippen LogP contribution is 2.32. The maximum absolute atomic E-state index is 12.6. The second-order valence-electron chi connectivity index (χ2n) is 5.45. The van der Waals surface area contributed by atoms with Crippen LogP contribution in [-0.2, 0) is 21.4 Å². The van der Waals surface area contributed by atoms with E-state index < -0.39 is 5.41 Å². The molecule has 22 heavy (non-hydrogen) atoms. The lowest BCUT2D eigenvalue weighted by Crippen LogP contribution is -2.36. The van der Waals surface area contributed by atoms with Crippen molar-refractivity contribution in [1.82, 2.24) is 0 Å². The van der Waals surface area contributed by atoms with Crippen LogP contribution in [0, 0.1) is 0 Å². The normalized spacial score (nSPS) is 13.2. The van der Waals surface area contributed by atoms with Gasteiger partial charge in [-0.25, -0.2) is 0 Å². The summed E-state index contributed by atoms with van der Waals surface area (Å²) >= 11 is 0. The molecule has 0 saturated carbocycles. The SMILES string of the molecule is CCOC(=O)C(C)(Cc1ccccc1)c1cccc(OC)c1. The summed E-state index contributed by atoms with van der Waals surface area (Å²) in [5, 5.41) is 0. The zero-order valence-electron chi connectivity index (χ0n) is 13.3. The summed E-state index contributed by atoms with van der Waals surface area (Å²) in [5.74, 6) is 0.521. The molecule has 1 unspecified atom stereocenters. The lowest BCUT2D eigenvalue weighted by atomic mass is 9.77. The second-order valence-corrected chi connectivity index (χ2v) is 5.45. The summed E-state index contributed by atoms with van der Waals surface area (Å²) in [6, 6.07) is 17.6. The Morgan fingerprint density at radius 2 is 1.82 bits per heavy atom. The fourth-order valence-electron chi connectivity index (χ4n) is 2.55. The maximum atomic E-state index is 12.6.